The minimum Gasteiger partial charge on any atom is -0.328 e. The monoisotopic (exact) mass is 214 g/mol. The van der Waals surface area contributed by atoms with E-state index in [2.05, 4.69) is 60.7 Å². The zero-order valence-corrected chi connectivity index (χ0v) is 10.1. The molecule has 84 valence electrons. The molecule has 0 N–H and O–H groups in total. The van der Waals surface area contributed by atoms with Crippen molar-refractivity contribution < 1.29 is 0 Å². The fraction of sp³-hybridized carbons (Fsp3) is 0.357. The van der Waals surface area contributed by atoms with Crippen LogP contribution in [-0.4, -0.2) is 9.55 Å². The number of imidazole rings is 1. The van der Waals surface area contributed by atoms with Gasteiger partial charge in [-0.3, -0.25) is 0 Å². The predicted molar refractivity (Wildman–Crippen MR) is 67.1 cm³/mol. The molecule has 0 amide bonds. The highest BCUT2D eigenvalue weighted by Gasteiger charge is 2.23. The van der Waals surface area contributed by atoms with Crippen LogP contribution in [0, 0.1) is 5.92 Å². The molecule has 0 aromatic carbocycles. The maximum Gasteiger partial charge on any atom is 0.0953 e. The molecule has 0 fully saturated rings. The van der Waals surface area contributed by atoms with Crippen LogP contribution in [0.25, 0.3) is 0 Å². The average Bonchev–Trinajstić information content (AvgIpc) is 2.68. The second-order valence-corrected chi connectivity index (χ2v) is 4.75. The van der Waals surface area contributed by atoms with E-state index in [0.29, 0.717) is 5.92 Å². The lowest BCUT2D eigenvalue weighted by molar-refractivity contribution is 0.432. The Morgan fingerprint density at radius 2 is 2.12 bits per heavy atom. The molecule has 1 atom stereocenters. The second-order valence-electron chi connectivity index (χ2n) is 4.75. The van der Waals surface area contributed by atoms with Gasteiger partial charge in [0.25, 0.3) is 0 Å². The largest absolute Gasteiger partial charge is 0.328 e. The van der Waals surface area contributed by atoms with E-state index in [1.807, 2.05) is 18.7 Å². The Balaban J connectivity index is 2.37. The quantitative estimate of drug-likeness (QED) is 0.738. The summed E-state index contributed by atoms with van der Waals surface area (Å²) < 4.78 is 2.14. The Bertz CT molecular complexity index is 433. The van der Waals surface area contributed by atoms with Crippen LogP contribution in [0.2, 0.25) is 0 Å². The molecule has 0 saturated heterocycles. The van der Waals surface area contributed by atoms with Crippen LogP contribution in [0.3, 0.4) is 0 Å². The van der Waals surface area contributed by atoms with Crippen molar-refractivity contribution in [3.05, 3.63) is 54.7 Å². The van der Waals surface area contributed by atoms with Crippen LogP contribution in [0.1, 0.15) is 20.8 Å². The van der Waals surface area contributed by atoms with Gasteiger partial charge in [-0.2, -0.15) is 0 Å². The highest BCUT2D eigenvalue weighted by molar-refractivity contribution is 5.34. The van der Waals surface area contributed by atoms with E-state index in [9.17, 15) is 0 Å². The van der Waals surface area contributed by atoms with Crippen molar-refractivity contribution in [3.8, 4) is 0 Å². The molecule has 1 aliphatic rings. The van der Waals surface area contributed by atoms with Gasteiger partial charge in [-0.15, -0.1) is 0 Å². The van der Waals surface area contributed by atoms with E-state index < -0.39 is 0 Å². The summed E-state index contributed by atoms with van der Waals surface area (Å²) >= 11 is 0. The minimum absolute atomic E-state index is 0.0483. The van der Waals surface area contributed by atoms with Crippen LogP contribution in [0.5, 0.6) is 0 Å². The molecular formula is C14H18N2. The number of aromatic nitrogens is 2. The smallest absolute Gasteiger partial charge is 0.0953 e. The number of hydrogen-bond donors (Lipinski definition) is 0. The third-order valence-corrected chi connectivity index (χ3v) is 3.10. The fourth-order valence-electron chi connectivity index (χ4n) is 1.94. The van der Waals surface area contributed by atoms with Gasteiger partial charge in [0.15, 0.2) is 0 Å². The molecule has 1 aromatic heterocycles. The van der Waals surface area contributed by atoms with Crippen molar-refractivity contribution in [2.45, 2.75) is 26.3 Å². The highest BCUT2D eigenvalue weighted by Crippen LogP contribution is 2.28. The Labute approximate surface area is 97.0 Å². The molecule has 1 aromatic rings. The zero-order valence-electron chi connectivity index (χ0n) is 10.1. The lowest BCUT2D eigenvalue weighted by atomic mass is 9.91. The molecular weight excluding hydrogens is 196 g/mol. The predicted octanol–water partition coefficient (Wildman–Crippen LogP) is 3.31. The van der Waals surface area contributed by atoms with E-state index in [-0.39, 0.29) is 5.54 Å². The average molecular weight is 214 g/mol. The SMILES string of the molecule is CC1C=CC=CC(C(C)(C)n2ccnc2)=C1. The number of nitrogens with zero attached hydrogens (tertiary/aromatic N) is 2. The van der Waals surface area contributed by atoms with Gasteiger partial charge in [-0.05, 0) is 25.3 Å². The summed E-state index contributed by atoms with van der Waals surface area (Å²) in [5.41, 5.74) is 1.27. The third-order valence-electron chi connectivity index (χ3n) is 3.10. The van der Waals surface area contributed by atoms with Gasteiger partial charge >= 0.3 is 0 Å². The third kappa shape index (κ3) is 2.01. The van der Waals surface area contributed by atoms with Crippen molar-refractivity contribution in [2.24, 2.45) is 5.92 Å². The molecule has 0 bridgehead atoms. The Kier molecular flexibility index (Phi) is 2.82. The van der Waals surface area contributed by atoms with E-state index in [1.165, 1.54) is 5.57 Å². The normalized spacial score (nSPS) is 20.7. The maximum absolute atomic E-state index is 4.12. The van der Waals surface area contributed by atoms with Crippen molar-refractivity contribution in [2.75, 3.05) is 0 Å². The second kappa shape index (κ2) is 4.12. The number of allylic oxidation sites excluding steroid dienone is 6. The van der Waals surface area contributed by atoms with E-state index in [4.69, 9.17) is 0 Å². The zero-order chi connectivity index (χ0) is 11.6. The molecule has 0 saturated carbocycles. The summed E-state index contributed by atoms with van der Waals surface area (Å²) in [6.45, 7) is 6.62. The van der Waals surface area contributed by atoms with Gasteiger partial charge in [0.2, 0.25) is 0 Å². The van der Waals surface area contributed by atoms with Crippen LogP contribution in [-0.2, 0) is 5.54 Å². The van der Waals surface area contributed by atoms with Crippen LogP contribution < -0.4 is 0 Å². The lowest BCUT2D eigenvalue weighted by Crippen LogP contribution is -2.27. The van der Waals surface area contributed by atoms with Gasteiger partial charge in [-0.25, -0.2) is 4.98 Å². The standard InChI is InChI=1S/C14H18N2/c1-12-6-4-5-7-13(10-12)14(2,3)16-9-8-15-11-16/h4-12H,1-3H3. The lowest BCUT2D eigenvalue weighted by Gasteiger charge is -2.28. The van der Waals surface area contributed by atoms with Crippen molar-refractivity contribution in [1.29, 1.82) is 0 Å². The molecule has 2 heteroatoms. The first-order chi connectivity index (χ1) is 7.60. The van der Waals surface area contributed by atoms with E-state index in [1.54, 1.807) is 0 Å². The van der Waals surface area contributed by atoms with Gasteiger partial charge < -0.3 is 4.57 Å². The van der Waals surface area contributed by atoms with Gasteiger partial charge in [-0.1, -0.05) is 37.3 Å². The molecule has 0 radical (unpaired) electrons. The summed E-state index contributed by atoms with van der Waals surface area (Å²) in [6.07, 6.45) is 16.6. The first-order valence-electron chi connectivity index (χ1n) is 5.66. The van der Waals surface area contributed by atoms with Crippen LogP contribution in [0.4, 0.5) is 0 Å². The molecule has 16 heavy (non-hydrogen) atoms. The van der Waals surface area contributed by atoms with E-state index >= 15 is 0 Å². The number of rotatable bonds is 2. The van der Waals surface area contributed by atoms with Crippen molar-refractivity contribution in [3.63, 3.8) is 0 Å². The number of hydrogen-bond acceptors (Lipinski definition) is 1. The fourth-order valence-corrected chi connectivity index (χ4v) is 1.94. The topological polar surface area (TPSA) is 17.8 Å². The van der Waals surface area contributed by atoms with Crippen LogP contribution in [0.15, 0.2) is 54.7 Å². The molecule has 1 aliphatic carbocycles. The van der Waals surface area contributed by atoms with Crippen molar-refractivity contribution in [1.82, 2.24) is 9.55 Å². The Morgan fingerprint density at radius 3 is 2.81 bits per heavy atom. The summed E-state index contributed by atoms with van der Waals surface area (Å²) in [5, 5.41) is 0. The first kappa shape index (κ1) is 10.9. The summed E-state index contributed by atoms with van der Waals surface area (Å²) in [6, 6.07) is 0. The highest BCUT2D eigenvalue weighted by atomic mass is 15.1. The molecule has 0 spiro atoms. The maximum atomic E-state index is 4.12. The Hall–Kier alpha value is -1.57. The molecule has 1 heterocycles. The molecule has 2 rings (SSSR count). The minimum atomic E-state index is -0.0483. The molecule has 1 unspecified atom stereocenters. The van der Waals surface area contributed by atoms with Gasteiger partial charge in [0.05, 0.1) is 11.9 Å². The summed E-state index contributed by atoms with van der Waals surface area (Å²) in [5.74, 6) is 0.479. The van der Waals surface area contributed by atoms with Crippen molar-refractivity contribution >= 4 is 0 Å². The first-order valence-corrected chi connectivity index (χ1v) is 5.66. The van der Waals surface area contributed by atoms with E-state index in [0.717, 1.165) is 0 Å². The van der Waals surface area contributed by atoms with Crippen LogP contribution >= 0.6 is 0 Å². The van der Waals surface area contributed by atoms with Gasteiger partial charge in [0.1, 0.15) is 0 Å². The van der Waals surface area contributed by atoms with Gasteiger partial charge in [0, 0.05) is 12.4 Å². The summed E-state index contributed by atoms with van der Waals surface area (Å²) in [7, 11) is 0. The molecule has 0 aliphatic heterocycles. The molecule has 2 nitrogen and oxygen atoms in total. The summed E-state index contributed by atoms with van der Waals surface area (Å²) in [4.78, 5) is 4.12. The Morgan fingerprint density at radius 1 is 1.31 bits per heavy atom.